The molecule has 0 aliphatic heterocycles. The Labute approximate surface area is 57.6 Å². The number of hydrogen-bond donors (Lipinski definition) is 1. The van der Waals surface area contributed by atoms with E-state index < -0.39 is 0 Å². The lowest BCUT2D eigenvalue weighted by molar-refractivity contribution is 0.299. The highest BCUT2D eigenvalue weighted by molar-refractivity contribution is 8.74. The molecule has 0 unspecified atom stereocenters. The maximum Gasteiger partial charge on any atom is 0.0931 e. The Morgan fingerprint density at radius 2 is 2.62 bits per heavy atom. The van der Waals surface area contributed by atoms with Crippen molar-refractivity contribution < 1.29 is 4.28 Å². The first kappa shape index (κ1) is 8.20. The van der Waals surface area contributed by atoms with E-state index in [2.05, 4.69) is 19.0 Å². The molecule has 1 N–H and O–H groups in total. The minimum Gasteiger partial charge on any atom is -0.261 e. The highest BCUT2D eigenvalue weighted by Gasteiger charge is 1.81. The fourth-order valence-corrected chi connectivity index (χ4v) is 0.928. The van der Waals surface area contributed by atoms with Gasteiger partial charge in [-0.05, 0) is 0 Å². The average Bonchev–Trinajstić information content (AvgIpc) is 1.81. The zero-order chi connectivity index (χ0) is 6.24. The summed E-state index contributed by atoms with van der Waals surface area (Å²) < 4.78 is 4.73. The second kappa shape index (κ2) is 7.20. The minimum absolute atomic E-state index is 1.05. The molecule has 0 aromatic rings. The van der Waals surface area contributed by atoms with E-state index in [1.165, 1.54) is 17.3 Å². The molecule has 8 heavy (non-hydrogen) atoms. The van der Waals surface area contributed by atoms with Gasteiger partial charge in [-0.2, -0.15) is 4.28 Å². The Hall–Kier alpha value is 0.200. The summed E-state index contributed by atoms with van der Waals surface area (Å²) in [6, 6.07) is 0. The molecule has 4 heteroatoms. The molecular formula is C4H9NOS2. The molecule has 48 valence electrons. The fourth-order valence-electron chi connectivity index (χ4n) is 0.126. The lowest BCUT2D eigenvalue weighted by Gasteiger charge is -1.95. The predicted molar refractivity (Wildman–Crippen MR) is 40.1 cm³/mol. The van der Waals surface area contributed by atoms with E-state index in [1.54, 1.807) is 10.8 Å². The van der Waals surface area contributed by atoms with Crippen molar-refractivity contribution >= 4 is 21.9 Å². The lowest BCUT2D eigenvalue weighted by Crippen LogP contribution is -1.96. The lowest BCUT2D eigenvalue weighted by atomic mass is 11.0. The van der Waals surface area contributed by atoms with E-state index in [4.69, 9.17) is 4.28 Å². The zero-order valence-corrected chi connectivity index (χ0v) is 6.35. The summed E-state index contributed by atoms with van der Waals surface area (Å²) in [5, 5.41) is 0. The molecule has 0 saturated carbocycles. The second-order valence-electron chi connectivity index (χ2n) is 0.880. The Kier molecular flexibility index (Phi) is 7.38. The number of hydroxylamine groups is 1. The van der Waals surface area contributed by atoms with Gasteiger partial charge in [0.25, 0.3) is 0 Å². The summed E-state index contributed by atoms with van der Waals surface area (Å²) >= 11 is 1.31. The van der Waals surface area contributed by atoms with Crippen molar-refractivity contribution in [3.63, 3.8) is 0 Å². The van der Waals surface area contributed by atoms with E-state index in [9.17, 15) is 0 Å². The largest absolute Gasteiger partial charge is 0.261 e. The van der Waals surface area contributed by atoms with Crippen LogP contribution in [0.15, 0.2) is 12.8 Å². The summed E-state index contributed by atoms with van der Waals surface area (Å²) in [5.74, 6) is 1.05. The molecule has 0 rings (SSSR count). The van der Waals surface area contributed by atoms with Crippen molar-refractivity contribution in [1.29, 1.82) is 0 Å². The summed E-state index contributed by atoms with van der Waals surface area (Å²) in [6.45, 7) is 5.46. The standard InChI is InChI=1S/C4H9NOS2/c1-3-5-6-8-7-4-2/h3,5H,1,4H2,2H3. The molecule has 0 amide bonds. The van der Waals surface area contributed by atoms with Gasteiger partial charge in [0.2, 0.25) is 0 Å². The van der Waals surface area contributed by atoms with Crippen molar-refractivity contribution in [3.05, 3.63) is 12.8 Å². The summed E-state index contributed by atoms with van der Waals surface area (Å²) in [5.41, 5.74) is 2.49. The molecule has 2 nitrogen and oxygen atoms in total. The SMILES string of the molecule is C=CNOSSCC. The Balaban J connectivity index is 2.62. The third-order valence-electron chi connectivity index (χ3n) is 0.331. The summed E-state index contributed by atoms with van der Waals surface area (Å²) in [6.07, 6.45) is 1.49. The number of nitrogens with one attached hydrogen (secondary N) is 1. The molecule has 0 aromatic heterocycles. The van der Waals surface area contributed by atoms with E-state index >= 15 is 0 Å². The van der Waals surface area contributed by atoms with Gasteiger partial charge < -0.3 is 0 Å². The Morgan fingerprint density at radius 3 is 3.12 bits per heavy atom. The van der Waals surface area contributed by atoms with Gasteiger partial charge >= 0.3 is 0 Å². The number of rotatable bonds is 5. The Morgan fingerprint density at radius 1 is 1.88 bits per heavy atom. The van der Waals surface area contributed by atoms with Gasteiger partial charge in [0.05, 0.1) is 11.1 Å². The molecule has 0 aromatic carbocycles. The highest BCUT2D eigenvalue weighted by Crippen LogP contribution is 2.19. The van der Waals surface area contributed by atoms with Crippen molar-refractivity contribution in [3.8, 4) is 0 Å². The maximum absolute atomic E-state index is 4.73. The van der Waals surface area contributed by atoms with Crippen LogP contribution in [-0.2, 0) is 4.28 Å². The van der Waals surface area contributed by atoms with Gasteiger partial charge in [-0.25, -0.2) is 0 Å². The fraction of sp³-hybridized carbons (Fsp3) is 0.500. The smallest absolute Gasteiger partial charge is 0.0931 e. The van der Waals surface area contributed by atoms with Gasteiger partial charge in [0.1, 0.15) is 0 Å². The molecule has 0 aliphatic carbocycles. The summed E-state index contributed by atoms with van der Waals surface area (Å²) in [4.78, 5) is 0. The van der Waals surface area contributed by atoms with Crippen LogP contribution < -0.4 is 5.48 Å². The maximum atomic E-state index is 4.73. The molecule has 0 atom stereocenters. The number of hydrogen-bond acceptors (Lipinski definition) is 4. The van der Waals surface area contributed by atoms with Crippen LogP contribution in [0.4, 0.5) is 0 Å². The normalized spacial score (nSPS) is 8.62. The molecular weight excluding hydrogens is 142 g/mol. The molecule has 0 saturated heterocycles. The van der Waals surface area contributed by atoms with Crippen LogP contribution in [0.5, 0.6) is 0 Å². The third-order valence-corrected chi connectivity index (χ3v) is 2.03. The molecule has 0 heterocycles. The Bertz CT molecular complexity index is 60.0. The van der Waals surface area contributed by atoms with Crippen LogP contribution in [-0.4, -0.2) is 5.75 Å². The third kappa shape index (κ3) is 6.20. The van der Waals surface area contributed by atoms with E-state index in [1.807, 2.05) is 0 Å². The first-order valence-electron chi connectivity index (χ1n) is 2.23. The van der Waals surface area contributed by atoms with Crippen LogP contribution >= 0.6 is 21.9 Å². The highest BCUT2D eigenvalue weighted by atomic mass is 33.1. The van der Waals surface area contributed by atoms with Gasteiger partial charge in [-0.15, -0.1) is 0 Å². The van der Waals surface area contributed by atoms with Crippen molar-refractivity contribution in [2.24, 2.45) is 0 Å². The van der Waals surface area contributed by atoms with Gasteiger partial charge in [-0.1, -0.05) is 24.3 Å². The van der Waals surface area contributed by atoms with Crippen LogP contribution in [0.3, 0.4) is 0 Å². The molecule has 0 fully saturated rings. The minimum atomic E-state index is 1.05. The molecule has 0 bridgehead atoms. The topological polar surface area (TPSA) is 21.3 Å². The molecule has 0 spiro atoms. The van der Waals surface area contributed by atoms with Crippen LogP contribution in [0.25, 0.3) is 0 Å². The van der Waals surface area contributed by atoms with E-state index in [-0.39, 0.29) is 0 Å². The monoisotopic (exact) mass is 151 g/mol. The predicted octanol–water partition coefficient (Wildman–Crippen LogP) is 1.97. The first-order valence-corrected chi connectivity index (χ1v) is 4.47. The first-order chi connectivity index (χ1) is 3.91. The summed E-state index contributed by atoms with van der Waals surface area (Å²) in [7, 11) is 1.63. The average molecular weight is 151 g/mol. The van der Waals surface area contributed by atoms with Crippen molar-refractivity contribution in [2.45, 2.75) is 6.92 Å². The van der Waals surface area contributed by atoms with Crippen molar-refractivity contribution in [2.75, 3.05) is 5.75 Å². The van der Waals surface area contributed by atoms with Gasteiger partial charge in [0, 0.05) is 12.0 Å². The van der Waals surface area contributed by atoms with Crippen LogP contribution in [0.2, 0.25) is 0 Å². The van der Waals surface area contributed by atoms with E-state index in [0.717, 1.165) is 5.75 Å². The zero-order valence-electron chi connectivity index (χ0n) is 4.72. The molecule has 0 radical (unpaired) electrons. The van der Waals surface area contributed by atoms with Crippen molar-refractivity contribution in [1.82, 2.24) is 5.48 Å². The van der Waals surface area contributed by atoms with E-state index in [0.29, 0.717) is 0 Å². The quantitative estimate of drug-likeness (QED) is 0.280. The second-order valence-corrected chi connectivity index (χ2v) is 3.11. The molecule has 0 aliphatic rings. The van der Waals surface area contributed by atoms with Crippen LogP contribution in [0.1, 0.15) is 6.92 Å². The van der Waals surface area contributed by atoms with Gasteiger partial charge in [-0.3, -0.25) is 5.48 Å². The van der Waals surface area contributed by atoms with Crippen LogP contribution in [0, 0.1) is 0 Å². The van der Waals surface area contributed by atoms with Gasteiger partial charge in [0.15, 0.2) is 0 Å².